The Morgan fingerprint density at radius 3 is 2.60 bits per heavy atom. The van der Waals surface area contributed by atoms with E-state index in [0.29, 0.717) is 51.1 Å². The monoisotopic (exact) mass is 640 g/mol. The second-order valence-electron chi connectivity index (χ2n) is 12.6. The van der Waals surface area contributed by atoms with Crippen LogP contribution in [0.25, 0.3) is 0 Å². The molecular formula is C36H44N6O5. The summed E-state index contributed by atoms with van der Waals surface area (Å²) in [5, 5.41) is 8.97. The maximum absolute atomic E-state index is 14.0. The summed E-state index contributed by atoms with van der Waals surface area (Å²) >= 11 is 0. The van der Waals surface area contributed by atoms with Gasteiger partial charge in [0.25, 0.3) is 5.91 Å². The van der Waals surface area contributed by atoms with Crippen LogP contribution in [0.15, 0.2) is 73.1 Å². The average molecular weight is 641 g/mol. The highest BCUT2D eigenvalue weighted by Gasteiger charge is 2.30. The first-order valence-corrected chi connectivity index (χ1v) is 16.3. The number of aryl methyl sites for hydroxylation is 1. The van der Waals surface area contributed by atoms with Gasteiger partial charge in [-0.05, 0) is 48.4 Å². The molecule has 5 rings (SSSR count). The van der Waals surface area contributed by atoms with Crippen LogP contribution in [0.4, 0.5) is 0 Å². The highest BCUT2D eigenvalue weighted by molar-refractivity contribution is 5.97. The average Bonchev–Trinajstić information content (AvgIpc) is 3.26. The van der Waals surface area contributed by atoms with Gasteiger partial charge in [-0.25, -0.2) is 0 Å². The van der Waals surface area contributed by atoms with Gasteiger partial charge in [0.15, 0.2) is 0 Å². The number of aromatic nitrogens is 1. The summed E-state index contributed by atoms with van der Waals surface area (Å²) in [6, 6.07) is 17.9. The quantitative estimate of drug-likeness (QED) is 0.390. The van der Waals surface area contributed by atoms with Crippen LogP contribution in [0.2, 0.25) is 0 Å². The predicted octanol–water partition coefficient (Wildman–Crippen LogP) is 2.35. The SMILES string of the molecule is CC(C)[C@H]1NC(=O)c2cncc(c2)CCCNC(=O)CN(C(=O)CN2CCOc3ccccc3C2)C[C@@H](Cc2ccccc2)NC1=O. The Bertz CT molecular complexity index is 1550. The van der Waals surface area contributed by atoms with E-state index in [2.05, 4.69) is 20.9 Å². The fourth-order valence-electron chi connectivity index (χ4n) is 5.94. The lowest BCUT2D eigenvalue weighted by Gasteiger charge is -2.31. The molecule has 4 amide bonds. The lowest BCUT2D eigenvalue weighted by Crippen LogP contribution is -2.56. The number of nitrogens with zero attached hydrogens (tertiary/aromatic N) is 3. The molecule has 248 valence electrons. The predicted molar refractivity (Wildman–Crippen MR) is 178 cm³/mol. The molecule has 0 saturated heterocycles. The van der Waals surface area contributed by atoms with Crippen molar-refractivity contribution < 1.29 is 23.9 Å². The first-order chi connectivity index (χ1) is 22.7. The lowest BCUT2D eigenvalue weighted by molar-refractivity contribution is -0.138. The van der Waals surface area contributed by atoms with Crippen molar-refractivity contribution in [2.75, 3.05) is 39.3 Å². The van der Waals surface area contributed by atoms with E-state index >= 15 is 0 Å². The zero-order valence-electron chi connectivity index (χ0n) is 27.1. The molecule has 11 heteroatoms. The van der Waals surface area contributed by atoms with Gasteiger partial charge in [0.2, 0.25) is 17.7 Å². The van der Waals surface area contributed by atoms with Gasteiger partial charge in [0.05, 0.1) is 24.7 Å². The topological polar surface area (TPSA) is 133 Å². The minimum atomic E-state index is -0.829. The molecule has 1 aromatic heterocycles. The number of fused-ring (bicyclic) bond motifs is 3. The summed E-state index contributed by atoms with van der Waals surface area (Å²) in [7, 11) is 0. The minimum absolute atomic E-state index is 0.0876. The highest BCUT2D eigenvalue weighted by atomic mass is 16.5. The molecule has 3 heterocycles. The smallest absolute Gasteiger partial charge is 0.253 e. The summed E-state index contributed by atoms with van der Waals surface area (Å²) in [5.41, 5.74) is 3.18. The molecule has 0 aliphatic carbocycles. The molecule has 2 aliphatic rings. The largest absolute Gasteiger partial charge is 0.492 e. The molecular weight excluding hydrogens is 596 g/mol. The molecule has 0 spiro atoms. The van der Waals surface area contributed by atoms with Crippen LogP contribution in [0, 0.1) is 5.92 Å². The number of pyridine rings is 1. The first-order valence-electron chi connectivity index (χ1n) is 16.3. The van der Waals surface area contributed by atoms with Gasteiger partial charge >= 0.3 is 0 Å². The van der Waals surface area contributed by atoms with Crippen molar-refractivity contribution in [3.05, 3.63) is 95.3 Å². The van der Waals surface area contributed by atoms with E-state index in [-0.39, 0.29) is 49.2 Å². The van der Waals surface area contributed by atoms with Crippen molar-refractivity contribution in [2.24, 2.45) is 5.92 Å². The third-order valence-corrected chi connectivity index (χ3v) is 8.45. The lowest BCUT2D eigenvalue weighted by atomic mass is 10.0. The third-order valence-electron chi connectivity index (χ3n) is 8.45. The van der Waals surface area contributed by atoms with Crippen LogP contribution in [0.1, 0.15) is 47.3 Å². The van der Waals surface area contributed by atoms with Crippen molar-refractivity contribution >= 4 is 23.6 Å². The highest BCUT2D eigenvalue weighted by Crippen LogP contribution is 2.22. The molecule has 2 atom stereocenters. The van der Waals surface area contributed by atoms with Gasteiger partial charge in [0, 0.05) is 44.1 Å². The Kier molecular flexibility index (Phi) is 11.6. The molecule has 47 heavy (non-hydrogen) atoms. The molecule has 3 N–H and O–H groups in total. The summed E-state index contributed by atoms with van der Waals surface area (Å²) in [5.74, 6) is -0.652. The zero-order valence-corrected chi connectivity index (χ0v) is 27.1. The van der Waals surface area contributed by atoms with Crippen LogP contribution in [0.5, 0.6) is 5.75 Å². The van der Waals surface area contributed by atoms with Crippen LogP contribution in [0.3, 0.4) is 0 Å². The van der Waals surface area contributed by atoms with Gasteiger partial charge in [-0.3, -0.25) is 29.1 Å². The van der Waals surface area contributed by atoms with Crippen molar-refractivity contribution in [1.82, 2.24) is 30.7 Å². The molecule has 3 aromatic rings. The maximum atomic E-state index is 14.0. The standard InChI is InChI=1S/C36H44N6O5/c1-25(2)34-36(46)39-30(18-26-9-4-3-5-10-26)22-42(33(44)24-41-15-16-47-31-13-7-6-12-28(31)21-41)23-32(43)38-14-8-11-27-17-29(20-37-19-27)35(45)40-34/h3-7,9-10,12-13,17,19-20,25,30,34H,8,11,14-16,18,21-24H2,1-2H3,(H,38,43)(H,39,46)(H,40,45)/t30-,34-/m1/s1. The van der Waals surface area contributed by atoms with E-state index in [1.807, 2.05) is 73.3 Å². The number of para-hydroxylation sites is 1. The molecule has 2 aromatic carbocycles. The minimum Gasteiger partial charge on any atom is -0.492 e. The van der Waals surface area contributed by atoms with E-state index in [4.69, 9.17) is 4.74 Å². The third kappa shape index (κ3) is 9.62. The summed E-state index contributed by atoms with van der Waals surface area (Å²) in [6.07, 6.45) is 4.84. The van der Waals surface area contributed by atoms with Crippen molar-refractivity contribution in [3.63, 3.8) is 0 Å². The normalized spacial score (nSPS) is 20.1. The Labute approximate surface area is 276 Å². The first kappa shape index (κ1) is 33.6. The van der Waals surface area contributed by atoms with E-state index in [0.717, 1.165) is 22.4 Å². The van der Waals surface area contributed by atoms with Gasteiger partial charge < -0.3 is 25.6 Å². The number of benzene rings is 2. The second kappa shape index (κ2) is 16.2. The van der Waals surface area contributed by atoms with Gasteiger partial charge in [-0.2, -0.15) is 0 Å². The number of hydrogen-bond donors (Lipinski definition) is 3. The van der Waals surface area contributed by atoms with E-state index < -0.39 is 12.1 Å². The summed E-state index contributed by atoms with van der Waals surface area (Å²) in [4.78, 5) is 62.2. The number of ether oxygens (including phenoxy) is 1. The Morgan fingerprint density at radius 1 is 1.00 bits per heavy atom. The number of amides is 4. The number of carbonyl (C=O) groups is 4. The van der Waals surface area contributed by atoms with Crippen molar-refractivity contribution in [3.8, 4) is 5.75 Å². The Morgan fingerprint density at radius 2 is 1.79 bits per heavy atom. The molecule has 0 radical (unpaired) electrons. The number of nitrogens with one attached hydrogen (secondary N) is 3. The van der Waals surface area contributed by atoms with Gasteiger partial charge in [-0.15, -0.1) is 0 Å². The zero-order chi connectivity index (χ0) is 33.2. The van der Waals surface area contributed by atoms with Gasteiger partial charge in [-0.1, -0.05) is 62.4 Å². The van der Waals surface area contributed by atoms with Gasteiger partial charge in [0.1, 0.15) is 18.4 Å². The second-order valence-corrected chi connectivity index (χ2v) is 12.6. The number of carbonyl (C=O) groups excluding carboxylic acids is 4. The fourth-order valence-corrected chi connectivity index (χ4v) is 5.94. The number of hydrogen-bond acceptors (Lipinski definition) is 7. The fraction of sp³-hybridized carbons (Fsp3) is 0.417. The molecule has 0 fully saturated rings. The van der Waals surface area contributed by atoms with Crippen LogP contribution < -0.4 is 20.7 Å². The van der Waals surface area contributed by atoms with E-state index in [1.54, 1.807) is 12.3 Å². The molecule has 2 aliphatic heterocycles. The molecule has 0 unspecified atom stereocenters. The van der Waals surface area contributed by atoms with E-state index in [1.165, 1.54) is 11.1 Å². The maximum Gasteiger partial charge on any atom is 0.253 e. The summed E-state index contributed by atoms with van der Waals surface area (Å²) < 4.78 is 5.90. The Hall–Kier alpha value is -4.77. The number of rotatable bonds is 5. The van der Waals surface area contributed by atoms with Crippen molar-refractivity contribution in [2.45, 2.75) is 51.7 Å². The Balaban J connectivity index is 1.41. The van der Waals surface area contributed by atoms with Crippen LogP contribution in [-0.4, -0.2) is 89.8 Å². The molecule has 11 nitrogen and oxygen atoms in total. The van der Waals surface area contributed by atoms with Crippen molar-refractivity contribution in [1.29, 1.82) is 0 Å². The van der Waals surface area contributed by atoms with Crippen LogP contribution >= 0.6 is 0 Å². The molecule has 0 saturated carbocycles. The molecule has 2 bridgehead atoms. The summed E-state index contributed by atoms with van der Waals surface area (Å²) in [6.45, 7) is 5.72. The van der Waals surface area contributed by atoms with Crippen LogP contribution in [-0.2, 0) is 33.8 Å². The van der Waals surface area contributed by atoms with E-state index in [9.17, 15) is 19.2 Å².